The first-order valence-corrected chi connectivity index (χ1v) is 8.83. The Labute approximate surface area is 168 Å². The minimum Gasteiger partial charge on any atom is -0.465 e. The van der Waals surface area contributed by atoms with Crippen LogP contribution in [0.3, 0.4) is 0 Å². The fourth-order valence-electron chi connectivity index (χ4n) is 3.23. The highest BCUT2D eigenvalue weighted by molar-refractivity contribution is 6.03. The molecule has 2 N–H and O–H groups in total. The van der Waals surface area contributed by atoms with Gasteiger partial charge in [-0.05, 0) is 42.3 Å². The van der Waals surface area contributed by atoms with Gasteiger partial charge >= 0.3 is 5.97 Å². The summed E-state index contributed by atoms with van der Waals surface area (Å²) in [6, 6.07) is 13.3. The van der Waals surface area contributed by atoms with E-state index in [1.54, 1.807) is 12.3 Å². The molecule has 4 aromatic rings. The van der Waals surface area contributed by atoms with Crippen LogP contribution in [-0.2, 0) is 11.2 Å². The Morgan fingerprint density at radius 2 is 1.83 bits per heavy atom. The van der Waals surface area contributed by atoms with Gasteiger partial charge in [0.2, 0.25) is 6.54 Å². The number of ether oxygens (including phenoxy) is 1. The Kier molecular flexibility index (Phi) is 7.14. The topological polar surface area (TPSA) is 101 Å². The van der Waals surface area contributed by atoms with Gasteiger partial charge in [0.25, 0.3) is 0 Å². The van der Waals surface area contributed by atoms with Crippen LogP contribution in [-0.4, -0.2) is 34.5 Å². The predicted molar refractivity (Wildman–Crippen MR) is 115 cm³/mol. The smallest absolute Gasteiger partial charge is 0.338 e. The van der Waals surface area contributed by atoms with Crippen molar-refractivity contribution in [1.29, 1.82) is 0 Å². The van der Waals surface area contributed by atoms with Gasteiger partial charge in [-0.3, -0.25) is 10.1 Å². The lowest BCUT2D eigenvalue weighted by molar-refractivity contribution is -0.479. The van der Waals surface area contributed by atoms with E-state index in [0.717, 1.165) is 32.9 Å². The number of carbonyl (C=O) groups excluding carboxylic acids is 1. The summed E-state index contributed by atoms with van der Waals surface area (Å²) in [5.74, 6) is -0.301. The lowest BCUT2D eigenvalue weighted by Gasteiger charge is -1.99. The van der Waals surface area contributed by atoms with Crippen LogP contribution < -0.4 is 0 Å². The van der Waals surface area contributed by atoms with Crippen LogP contribution in [0.2, 0.25) is 0 Å². The molecule has 7 heteroatoms. The standard InChI is InChI=1S/C11H12N2O2.C10H9NO2.CH4/c1-8-3-2-4-10-11(8)9(7-12-10)5-6-13(14)15;1-13-10(12)8-3-2-4-9-7(8)5-6-11-9;/h2-4,7,12H,5-6H2,1H3;2-6,11H,1H3;1H4. The van der Waals surface area contributed by atoms with Gasteiger partial charge in [-0.15, -0.1) is 0 Å². The normalized spacial score (nSPS) is 10.1. The van der Waals surface area contributed by atoms with Crippen LogP contribution in [0.1, 0.15) is 28.9 Å². The van der Waals surface area contributed by atoms with E-state index < -0.39 is 0 Å². The van der Waals surface area contributed by atoms with Gasteiger partial charge in [-0.1, -0.05) is 25.6 Å². The molecule has 0 spiro atoms. The molecule has 0 radical (unpaired) electrons. The first-order valence-electron chi connectivity index (χ1n) is 8.83. The minimum absolute atomic E-state index is 0. The third-order valence-corrected chi connectivity index (χ3v) is 4.56. The van der Waals surface area contributed by atoms with Crippen LogP contribution in [0.25, 0.3) is 21.8 Å². The summed E-state index contributed by atoms with van der Waals surface area (Å²) in [7, 11) is 1.38. The van der Waals surface area contributed by atoms with Crippen molar-refractivity contribution >= 4 is 27.8 Å². The van der Waals surface area contributed by atoms with Gasteiger partial charge in [-0.25, -0.2) is 4.79 Å². The highest BCUT2D eigenvalue weighted by atomic mass is 16.6. The molecule has 7 nitrogen and oxygen atoms in total. The number of fused-ring (bicyclic) bond motifs is 2. The van der Waals surface area contributed by atoms with Crippen molar-refractivity contribution in [3.63, 3.8) is 0 Å². The van der Waals surface area contributed by atoms with Crippen molar-refractivity contribution in [2.75, 3.05) is 13.7 Å². The van der Waals surface area contributed by atoms with E-state index in [2.05, 4.69) is 14.7 Å². The number of hydrogen-bond donors (Lipinski definition) is 2. The number of benzene rings is 2. The van der Waals surface area contributed by atoms with Crippen molar-refractivity contribution in [3.05, 3.63) is 81.7 Å². The quantitative estimate of drug-likeness (QED) is 0.292. The summed E-state index contributed by atoms with van der Waals surface area (Å²) in [5.41, 5.74) is 4.78. The van der Waals surface area contributed by atoms with E-state index in [4.69, 9.17) is 0 Å². The maximum Gasteiger partial charge on any atom is 0.338 e. The number of esters is 1. The van der Waals surface area contributed by atoms with Gasteiger partial charge in [0.15, 0.2) is 0 Å². The molecule has 0 unspecified atom stereocenters. The summed E-state index contributed by atoms with van der Waals surface area (Å²) >= 11 is 0. The van der Waals surface area contributed by atoms with Gasteiger partial charge in [0, 0.05) is 45.5 Å². The van der Waals surface area contributed by atoms with Crippen molar-refractivity contribution in [3.8, 4) is 0 Å². The van der Waals surface area contributed by atoms with Crippen molar-refractivity contribution in [2.24, 2.45) is 0 Å². The molecule has 0 aliphatic rings. The van der Waals surface area contributed by atoms with E-state index in [-0.39, 0.29) is 24.9 Å². The zero-order valence-electron chi connectivity index (χ0n) is 15.7. The van der Waals surface area contributed by atoms with Gasteiger partial charge in [0.05, 0.1) is 12.7 Å². The fraction of sp³-hybridized carbons (Fsp3) is 0.227. The van der Waals surface area contributed by atoms with Gasteiger partial charge in [-0.2, -0.15) is 0 Å². The molecule has 0 saturated carbocycles. The summed E-state index contributed by atoms with van der Waals surface area (Å²) in [4.78, 5) is 27.5. The van der Waals surface area contributed by atoms with E-state index in [9.17, 15) is 14.9 Å². The lowest BCUT2D eigenvalue weighted by atomic mass is 10.1. The third kappa shape index (κ3) is 4.82. The van der Waals surface area contributed by atoms with E-state index >= 15 is 0 Å². The number of aromatic amines is 2. The molecule has 0 fully saturated rings. The number of carbonyl (C=O) groups is 1. The highest BCUT2D eigenvalue weighted by Gasteiger charge is 2.09. The minimum atomic E-state index is -0.301. The van der Waals surface area contributed by atoms with Crippen LogP contribution in [0.4, 0.5) is 0 Å². The maximum atomic E-state index is 11.3. The molecule has 0 amide bonds. The predicted octanol–water partition coefficient (Wildman–Crippen LogP) is 4.89. The maximum absolute atomic E-state index is 11.3. The molecule has 2 heterocycles. The number of rotatable bonds is 4. The number of nitro groups is 1. The summed E-state index contributed by atoms with van der Waals surface area (Å²) < 4.78 is 4.66. The SMILES string of the molecule is C.COC(=O)c1cccc2[nH]ccc12.Cc1cccc2[nH]cc(CC[N+](=O)[O-])c12. The van der Waals surface area contributed by atoms with E-state index in [0.29, 0.717) is 12.0 Å². The molecule has 0 aliphatic carbocycles. The Balaban J connectivity index is 0.000000202. The number of aryl methyl sites for hydroxylation is 1. The average Bonchev–Trinajstić information content (AvgIpc) is 3.33. The second-order valence-electron chi connectivity index (χ2n) is 6.35. The number of nitrogens with one attached hydrogen (secondary N) is 2. The second kappa shape index (κ2) is 9.54. The van der Waals surface area contributed by atoms with Crippen LogP contribution in [0.5, 0.6) is 0 Å². The summed E-state index contributed by atoms with van der Waals surface area (Å²) in [6.45, 7) is 2.01. The van der Waals surface area contributed by atoms with Crippen molar-refractivity contribution in [1.82, 2.24) is 9.97 Å². The number of hydrogen-bond acceptors (Lipinski definition) is 4. The number of nitrogens with zero attached hydrogens (tertiary/aromatic N) is 1. The molecule has 2 aromatic heterocycles. The first kappa shape index (κ1) is 21.7. The molecule has 0 atom stereocenters. The molecule has 0 bridgehead atoms. The first-order chi connectivity index (χ1) is 13.5. The van der Waals surface area contributed by atoms with E-state index in [1.807, 2.05) is 49.5 Å². The van der Waals surface area contributed by atoms with Gasteiger partial charge < -0.3 is 14.7 Å². The fourth-order valence-corrected chi connectivity index (χ4v) is 3.23. The summed E-state index contributed by atoms with van der Waals surface area (Å²) in [5, 5.41) is 12.3. The second-order valence-corrected chi connectivity index (χ2v) is 6.35. The lowest BCUT2D eigenvalue weighted by Crippen LogP contribution is -2.03. The van der Waals surface area contributed by atoms with Crippen LogP contribution in [0.15, 0.2) is 54.9 Å². The largest absolute Gasteiger partial charge is 0.465 e. The molecule has 152 valence electrons. The van der Waals surface area contributed by atoms with E-state index in [1.165, 1.54) is 7.11 Å². The zero-order chi connectivity index (χ0) is 20.1. The Morgan fingerprint density at radius 3 is 2.55 bits per heavy atom. The number of methoxy groups -OCH3 is 1. The molecule has 0 aliphatic heterocycles. The molecule has 2 aromatic carbocycles. The monoisotopic (exact) mass is 395 g/mol. The average molecular weight is 395 g/mol. The van der Waals surface area contributed by atoms with Crippen LogP contribution in [0, 0.1) is 17.0 Å². The van der Waals surface area contributed by atoms with Crippen LogP contribution >= 0.6 is 0 Å². The third-order valence-electron chi connectivity index (χ3n) is 4.56. The van der Waals surface area contributed by atoms with Crippen molar-refractivity contribution in [2.45, 2.75) is 20.8 Å². The summed E-state index contributed by atoms with van der Waals surface area (Å²) in [6.07, 6.45) is 4.15. The number of H-pyrrole nitrogens is 2. The Morgan fingerprint density at radius 1 is 1.10 bits per heavy atom. The molecule has 29 heavy (non-hydrogen) atoms. The number of aromatic nitrogens is 2. The Bertz CT molecular complexity index is 1130. The molecular formula is C22H25N3O4. The molecular weight excluding hydrogens is 370 g/mol. The highest BCUT2D eigenvalue weighted by Crippen LogP contribution is 2.22. The molecule has 0 saturated heterocycles. The van der Waals surface area contributed by atoms with Gasteiger partial charge in [0.1, 0.15) is 0 Å². The van der Waals surface area contributed by atoms with Crippen molar-refractivity contribution < 1.29 is 14.5 Å². The Hall–Kier alpha value is -3.61. The molecule has 4 rings (SSSR count). The zero-order valence-corrected chi connectivity index (χ0v) is 15.7.